The van der Waals surface area contributed by atoms with Crippen LogP contribution in [0.1, 0.15) is 51.9 Å². The Morgan fingerprint density at radius 2 is 1.95 bits per heavy atom. The molecule has 2 saturated carbocycles. The molecule has 2 fully saturated rings. The maximum Gasteiger partial charge on any atom is 0.237 e. The highest BCUT2D eigenvalue weighted by Crippen LogP contribution is 2.28. The minimum absolute atomic E-state index is 0.0698. The molecule has 0 aromatic heterocycles. The summed E-state index contributed by atoms with van der Waals surface area (Å²) in [6.07, 6.45) is 7.75. The van der Waals surface area contributed by atoms with Crippen molar-refractivity contribution in [1.82, 2.24) is 10.2 Å². The van der Waals surface area contributed by atoms with Gasteiger partial charge in [-0.05, 0) is 45.6 Å². The van der Waals surface area contributed by atoms with Crippen LogP contribution in [-0.2, 0) is 4.79 Å². The number of carbonyl (C=O) groups is 1. The van der Waals surface area contributed by atoms with Crippen LogP contribution in [0.15, 0.2) is 0 Å². The number of aliphatic hydroxyl groups is 1. The van der Waals surface area contributed by atoms with Crippen LogP contribution < -0.4 is 5.32 Å². The maximum atomic E-state index is 12.2. The molecule has 0 radical (unpaired) electrons. The van der Waals surface area contributed by atoms with Crippen molar-refractivity contribution < 1.29 is 9.90 Å². The fourth-order valence-corrected chi connectivity index (χ4v) is 3.18. The van der Waals surface area contributed by atoms with Crippen molar-refractivity contribution in [3.05, 3.63) is 0 Å². The average Bonchev–Trinajstić information content (AvgIpc) is 2.37. The number of likely N-dealkylation sites (N-methyl/N-ethyl adjacent to an activating group) is 1. The fraction of sp³-hybridized carbons (Fsp3) is 0.933. The van der Waals surface area contributed by atoms with Crippen molar-refractivity contribution in [2.45, 2.75) is 70.1 Å². The summed E-state index contributed by atoms with van der Waals surface area (Å²) in [5.74, 6) is 0.721. The number of aliphatic hydroxyl groups excluding tert-OH is 1. The summed E-state index contributed by atoms with van der Waals surface area (Å²) in [6, 6.07) is 0.322. The number of carbonyl (C=O) groups excluding carboxylic acids is 1. The molecule has 2 aliphatic carbocycles. The van der Waals surface area contributed by atoms with Gasteiger partial charge in [0.2, 0.25) is 5.91 Å². The zero-order chi connectivity index (χ0) is 13.8. The Morgan fingerprint density at radius 1 is 1.32 bits per heavy atom. The molecule has 2 N–H and O–H groups in total. The van der Waals surface area contributed by atoms with E-state index >= 15 is 0 Å². The van der Waals surface area contributed by atoms with E-state index in [2.05, 4.69) is 10.2 Å². The SMILES string of the molecule is CC(C(=O)NC1CCCCC1)N(C)CC1CC(O)C1. The second-order valence-electron chi connectivity index (χ2n) is 6.45. The molecule has 1 atom stereocenters. The maximum absolute atomic E-state index is 12.2. The number of hydrogen-bond donors (Lipinski definition) is 2. The summed E-state index contributed by atoms with van der Waals surface area (Å²) in [4.78, 5) is 14.3. The largest absolute Gasteiger partial charge is 0.393 e. The molecule has 2 aliphatic rings. The molecule has 0 saturated heterocycles. The summed E-state index contributed by atoms with van der Waals surface area (Å²) >= 11 is 0. The van der Waals surface area contributed by atoms with Crippen molar-refractivity contribution in [3.8, 4) is 0 Å². The predicted molar refractivity (Wildman–Crippen MR) is 75.8 cm³/mol. The number of hydrogen-bond acceptors (Lipinski definition) is 3. The molecular weight excluding hydrogens is 240 g/mol. The van der Waals surface area contributed by atoms with E-state index in [-0.39, 0.29) is 18.1 Å². The van der Waals surface area contributed by atoms with Crippen molar-refractivity contribution in [3.63, 3.8) is 0 Å². The quantitative estimate of drug-likeness (QED) is 0.795. The Kier molecular flexibility index (Phi) is 5.22. The highest BCUT2D eigenvalue weighted by atomic mass is 16.3. The first-order valence-electron chi connectivity index (χ1n) is 7.75. The second-order valence-corrected chi connectivity index (χ2v) is 6.45. The molecule has 1 amide bonds. The van der Waals surface area contributed by atoms with E-state index in [0.717, 1.165) is 32.2 Å². The van der Waals surface area contributed by atoms with E-state index in [4.69, 9.17) is 0 Å². The first-order valence-corrected chi connectivity index (χ1v) is 7.75. The lowest BCUT2D eigenvalue weighted by atomic mass is 9.82. The highest BCUT2D eigenvalue weighted by molar-refractivity contribution is 5.81. The summed E-state index contributed by atoms with van der Waals surface area (Å²) in [6.45, 7) is 2.89. The summed E-state index contributed by atoms with van der Waals surface area (Å²) in [7, 11) is 2.01. The van der Waals surface area contributed by atoms with Gasteiger partial charge in [0, 0.05) is 12.6 Å². The minimum Gasteiger partial charge on any atom is -0.393 e. The number of amides is 1. The fourth-order valence-electron chi connectivity index (χ4n) is 3.18. The molecule has 0 spiro atoms. The molecule has 4 nitrogen and oxygen atoms in total. The van der Waals surface area contributed by atoms with Gasteiger partial charge in [0.1, 0.15) is 0 Å². The normalized spacial score (nSPS) is 29.9. The van der Waals surface area contributed by atoms with Gasteiger partial charge in [0.15, 0.2) is 0 Å². The molecule has 2 rings (SSSR count). The number of rotatable bonds is 5. The monoisotopic (exact) mass is 268 g/mol. The van der Waals surface area contributed by atoms with Crippen molar-refractivity contribution in [1.29, 1.82) is 0 Å². The van der Waals surface area contributed by atoms with Gasteiger partial charge in [-0.2, -0.15) is 0 Å². The van der Waals surface area contributed by atoms with Gasteiger partial charge in [0.25, 0.3) is 0 Å². The van der Waals surface area contributed by atoms with Crippen LogP contribution in [0.4, 0.5) is 0 Å². The zero-order valence-electron chi connectivity index (χ0n) is 12.3. The third-order valence-corrected chi connectivity index (χ3v) is 4.75. The Labute approximate surface area is 116 Å². The smallest absolute Gasteiger partial charge is 0.237 e. The summed E-state index contributed by atoms with van der Waals surface area (Å²) in [5.41, 5.74) is 0. The summed E-state index contributed by atoms with van der Waals surface area (Å²) in [5, 5.41) is 12.5. The van der Waals surface area contributed by atoms with E-state index in [0.29, 0.717) is 12.0 Å². The Bertz CT molecular complexity index is 297. The Balaban J connectivity index is 1.71. The first kappa shape index (κ1) is 14.8. The van der Waals surface area contributed by atoms with E-state index in [9.17, 15) is 9.90 Å². The molecule has 110 valence electrons. The molecular formula is C15H28N2O2. The van der Waals surface area contributed by atoms with Crippen LogP contribution in [0.3, 0.4) is 0 Å². The summed E-state index contributed by atoms with van der Waals surface area (Å²) < 4.78 is 0. The van der Waals surface area contributed by atoms with Crippen LogP contribution in [0.2, 0.25) is 0 Å². The molecule has 19 heavy (non-hydrogen) atoms. The topological polar surface area (TPSA) is 52.6 Å². The molecule has 1 unspecified atom stereocenters. The molecule has 0 aromatic carbocycles. The molecule has 0 aromatic rings. The van der Waals surface area contributed by atoms with Gasteiger partial charge in [-0.15, -0.1) is 0 Å². The zero-order valence-corrected chi connectivity index (χ0v) is 12.3. The molecule has 4 heteroatoms. The van der Waals surface area contributed by atoms with Crippen molar-refractivity contribution >= 4 is 5.91 Å². The van der Waals surface area contributed by atoms with Crippen molar-refractivity contribution in [2.75, 3.05) is 13.6 Å². The van der Waals surface area contributed by atoms with Gasteiger partial charge in [0.05, 0.1) is 12.1 Å². The molecule has 0 aliphatic heterocycles. The van der Waals surface area contributed by atoms with Gasteiger partial charge < -0.3 is 10.4 Å². The lowest BCUT2D eigenvalue weighted by molar-refractivity contribution is -0.126. The van der Waals surface area contributed by atoms with Gasteiger partial charge >= 0.3 is 0 Å². The first-order chi connectivity index (χ1) is 9.06. The van der Waals surface area contributed by atoms with Crippen molar-refractivity contribution in [2.24, 2.45) is 5.92 Å². The van der Waals surface area contributed by atoms with E-state index in [1.54, 1.807) is 0 Å². The standard InChI is InChI=1S/C15H28N2O2/c1-11(17(2)10-12-8-14(18)9-12)15(19)16-13-6-4-3-5-7-13/h11-14,18H,3-10H2,1-2H3,(H,16,19). The van der Waals surface area contributed by atoms with Gasteiger partial charge in [-0.3, -0.25) is 9.69 Å². The lowest BCUT2D eigenvalue weighted by Gasteiger charge is -2.36. The predicted octanol–water partition coefficient (Wildman–Crippen LogP) is 1.53. The van der Waals surface area contributed by atoms with Crippen LogP contribution in [0.5, 0.6) is 0 Å². The Morgan fingerprint density at radius 3 is 2.53 bits per heavy atom. The number of nitrogens with one attached hydrogen (secondary N) is 1. The molecule has 0 bridgehead atoms. The Hall–Kier alpha value is -0.610. The van der Waals surface area contributed by atoms with E-state index in [1.807, 2.05) is 14.0 Å². The minimum atomic E-state index is -0.107. The van der Waals surface area contributed by atoms with E-state index < -0.39 is 0 Å². The lowest BCUT2D eigenvalue weighted by Crippen LogP contribution is -2.49. The van der Waals surface area contributed by atoms with E-state index in [1.165, 1.54) is 19.3 Å². The van der Waals surface area contributed by atoms with Crippen LogP contribution in [-0.4, -0.2) is 47.7 Å². The van der Waals surface area contributed by atoms with Crippen LogP contribution in [0.25, 0.3) is 0 Å². The molecule has 0 heterocycles. The number of nitrogens with zero attached hydrogens (tertiary/aromatic N) is 1. The average molecular weight is 268 g/mol. The van der Waals surface area contributed by atoms with Gasteiger partial charge in [-0.25, -0.2) is 0 Å². The van der Waals surface area contributed by atoms with Crippen LogP contribution in [0, 0.1) is 5.92 Å². The van der Waals surface area contributed by atoms with Gasteiger partial charge in [-0.1, -0.05) is 19.3 Å². The highest BCUT2D eigenvalue weighted by Gasteiger charge is 2.30. The third kappa shape index (κ3) is 4.18. The second kappa shape index (κ2) is 6.71. The third-order valence-electron chi connectivity index (χ3n) is 4.75. The van der Waals surface area contributed by atoms with Crippen LogP contribution >= 0.6 is 0 Å².